The van der Waals surface area contributed by atoms with Gasteiger partial charge in [0.05, 0.1) is 0 Å². The fraction of sp³-hybridized carbons (Fsp3) is 0.667. The quantitative estimate of drug-likeness (QED) is 0.889. The van der Waals surface area contributed by atoms with Crippen LogP contribution >= 0.6 is 0 Å². The number of fused-ring (bicyclic) bond motifs is 2. The largest absolute Gasteiger partial charge is 0.508 e. The molecule has 1 aromatic carbocycles. The first-order valence-corrected chi connectivity index (χ1v) is 8.28. The highest BCUT2D eigenvalue weighted by molar-refractivity contribution is 5.40. The molecular weight excluding hydrogens is 246 g/mol. The molecule has 2 nitrogen and oxygen atoms in total. The molecule has 3 aliphatic rings. The Labute approximate surface area is 121 Å². The highest BCUT2D eigenvalue weighted by Crippen LogP contribution is 2.44. The maximum absolute atomic E-state index is 9.77. The van der Waals surface area contributed by atoms with E-state index in [0.29, 0.717) is 11.7 Å². The zero-order valence-corrected chi connectivity index (χ0v) is 12.4. The normalized spacial score (nSPS) is 33.5. The van der Waals surface area contributed by atoms with Crippen LogP contribution in [0.2, 0.25) is 0 Å². The Balaban J connectivity index is 1.64. The van der Waals surface area contributed by atoms with Crippen LogP contribution in [0.5, 0.6) is 5.75 Å². The Morgan fingerprint density at radius 3 is 2.90 bits per heavy atom. The van der Waals surface area contributed by atoms with E-state index in [1.54, 1.807) is 0 Å². The first kappa shape index (κ1) is 12.7. The van der Waals surface area contributed by atoms with E-state index in [9.17, 15) is 5.11 Å². The van der Waals surface area contributed by atoms with Crippen LogP contribution in [0.25, 0.3) is 0 Å². The van der Waals surface area contributed by atoms with Gasteiger partial charge in [0.25, 0.3) is 0 Å². The number of phenols is 1. The summed E-state index contributed by atoms with van der Waals surface area (Å²) in [4.78, 5) is 2.79. The molecule has 1 saturated carbocycles. The number of likely N-dealkylation sites (tertiary alicyclic amines) is 1. The molecule has 1 aromatic rings. The van der Waals surface area contributed by atoms with Crippen LogP contribution < -0.4 is 0 Å². The second kappa shape index (κ2) is 4.77. The van der Waals surface area contributed by atoms with Gasteiger partial charge in [0, 0.05) is 12.6 Å². The summed E-state index contributed by atoms with van der Waals surface area (Å²) >= 11 is 0. The number of phenolic OH excluding ortho intramolecular Hbond substituents is 1. The van der Waals surface area contributed by atoms with Gasteiger partial charge < -0.3 is 5.11 Å². The SMILES string of the molecule is CC1c2cc(O)ccc2CC2C1CCCN2CC1CC1. The van der Waals surface area contributed by atoms with E-state index in [-0.39, 0.29) is 0 Å². The number of benzene rings is 1. The van der Waals surface area contributed by atoms with Crippen LogP contribution in [0, 0.1) is 11.8 Å². The topological polar surface area (TPSA) is 23.5 Å². The summed E-state index contributed by atoms with van der Waals surface area (Å²) < 4.78 is 0. The van der Waals surface area contributed by atoms with Crippen molar-refractivity contribution >= 4 is 0 Å². The Morgan fingerprint density at radius 1 is 1.25 bits per heavy atom. The van der Waals surface area contributed by atoms with Crippen LogP contribution in [0.15, 0.2) is 18.2 Å². The van der Waals surface area contributed by atoms with E-state index < -0.39 is 0 Å². The van der Waals surface area contributed by atoms with Gasteiger partial charge in [-0.25, -0.2) is 0 Å². The molecule has 2 heteroatoms. The van der Waals surface area contributed by atoms with Crippen LogP contribution in [0.1, 0.15) is 49.7 Å². The Bertz CT molecular complexity index is 508. The summed E-state index contributed by atoms with van der Waals surface area (Å²) in [6, 6.07) is 6.77. The van der Waals surface area contributed by atoms with Gasteiger partial charge in [-0.1, -0.05) is 13.0 Å². The summed E-state index contributed by atoms with van der Waals surface area (Å²) in [7, 11) is 0. The zero-order chi connectivity index (χ0) is 13.7. The summed E-state index contributed by atoms with van der Waals surface area (Å²) in [5.41, 5.74) is 2.87. The van der Waals surface area contributed by atoms with Gasteiger partial charge in [-0.2, -0.15) is 0 Å². The number of aromatic hydroxyl groups is 1. The van der Waals surface area contributed by atoms with Gasteiger partial charge in [-0.05, 0) is 79.7 Å². The lowest BCUT2D eigenvalue weighted by molar-refractivity contribution is 0.0681. The lowest BCUT2D eigenvalue weighted by Gasteiger charge is -2.47. The molecule has 0 bridgehead atoms. The van der Waals surface area contributed by atoms with Crippen molar-refractivity contribution in [2.75, 3.05) is 13.1 Å². The Hall–Kier alpha value is -1.02. The molecule has 0 spiro atoms. The lowest BCUT2D eigenvalue weighted by atomic mass is 9.69. The Morgan fingerprint density at radius 2 is 2.10 bits per heavy atom. The molecule has 0 radical (unpaired) electrons. The minimum absolute atomic E-state index is 0.430. The van der Waals surface area contributed by atoms with Crippen LogP contribution in [-0.2, 0) is 6.42 Å². The van der Waals surface area contributed by atoms with E-state index in [4.69, 9.17) is 0 Å². The van der Waals surface area contributed by atoms with Crippen molar-refractivity contribution in [1.29, 1.82) is 0 Å². The third-order valence-corrected chi connectivity index (χ3v) is 5.83. The summed E-state index contributed by atoms with van der Waals surface area (Å²) in [6.07, 6.45) is 6.81. The number of hydrogen-bond acceptors (Lipinski definition) is 2. The van der Waals surface area contributed by atoms with Crippen molar-refractivity contribution < 1.29 is 5.11 Å². The number of nitrogens with zero attached hydrogens (tertiary/aromatic N) is 1. The molecule has 0 amide bonds. The van der Waals surface area contributed by atoms with Crippen molar-refractivity contribution in [3.63, 3.8) is 0 Å². The van der Waals surface area contributed by atoms with Gasteiger partial charge in [0.1, 0.15) is 5.75 Å². The third kappa shape index (κ3) is 2.14. The average Bonchev–Trinajstić information content (AvgIpc) is 3.25. The van der Waals surface area contributed by atoms with Gasteiger partial charge in [0.15, 0.2) is 0 Å². The summed E-state index contributed by atoms with van der Waals surface area (Å²) in [6.45, 7) is 5.01. The summed E-state index contributed by atoms with van der Waals surface area (Å²) in [5, 5.41) is 9.77. The molecule has 1 aliphatic heterocycles. The van der Waals surface area contributed by atoms with Gasteiger partial charge in [0.2, 0.25) is 0 Å². The van der Waals surface area contributed by atoms with Gasteiger partial charge >= 0.3 is 0 Å². The average molecular weight is 271 g/mol. The molecule has 3 atom stereocenters. The number of hydrogen-bond donors (Lipinski definition) is 1. The second-order valence-electron chi connectivity index (χ2n) is 7.19. The lowest BCUT2D eigenvalue weighted by Crippen LogP contribution is -2.50. The predicted octanol–water partition coefficient (Wildman–Crippen LogP) is 3.54. The van der Waals surface area contributed by atoms with Crippen molar-refractivity contribution in [2.45, 2.75) is 51.0 Å². The third-order valence-electron chi connectivity index (χ3n) is 5.83. The smallest absolute Gasteiger partial charge is 0.115 e. The van der Waals surface area contributed by atoms with Crippen molar-refractivity contribution in [3.8, 4) is 5.75 Å². The van der Waals surface area contributed by atoms with Crippen LogP contribution in [-0.4, -0.2) is 29.1 Å². The van der Waals surface area contributed by atoms with Crippen molar-refractivity contribution in [2.24, 2.45) is 11.8 Å². The molecule has 2 fully saturated rings. The van der Waals surface area contributed by atoms with Gasteiger partial charge in [-0.15, -0.1) is 0 Å². The first-order chi connectivity index (χ1) is 9.72. The van der Waals surface area contributed by atoms with Gasteiger partial charge in [-0.3, -0.25) is 4.90 Å². The molecule has 0 aromatic heterocycles. The maximum Gasteiger partial charge on any atom is 0.115 e. The summed E-state index contributed by atoms with van der Waals surface area (Å²) in [5.74, 6) is 2.81. The molecular formula is C18H25NO. The highest BCUT2D eigenvalue weighted by Gasteiger charge is 2.41. The standard InChI is InChI=1S/C18H25NO/c1-12-16-3-2-8-19(11-13-4-5-13)18(16)9-14-6-7-15(20)10-17(12)14/h6-7,10,12-13,16,18,20H,2-5,8-9,11H2,1H3. The molecule has 4 rings (SSSR count). The van der Waals surface area contributed by atoms with E-state index in [2.05, 4.69) is 17.9 Å². The number of piperidine rings is 1. The Kier molecular flexibility index (Phi) is 3.03. The minimum Gasteiger partial charge on any atom is -0.508 e. The number of rotatable bonds is 2. The van der Waals surface area contributed by atoms with Crippen molar-refractivity contribution in [3.05, 3.63) is 29.3 Å². The minimum atomic E-state index is 0.430. The van der Waals surface area contributed by atoms with E-state index in [0.717, 1.165) is 17.9 Å². The molecule has 1 saturated heterocycles. The fourth-order valence-corrected chi connectivity index (χ4v) is 4.53. The van der Waals surface area contributed by atoms with Crippen LogP contribution in [0.3, 0.4) is 0 Å². The maximum atomic E-state index is 9.77. The second-order valence-corrected chi connectivity index (χ2v) is 7.19. The highest BCUT2D eigenvalue weighted by atomic mass is 16.3. The van der Waals surface area contributed by atoms with E-state index in [1.807, 2.05) is 12.1 Å². The molecule has 1 heterocycles. The van der Waals surface area contributed by atoms with Crippen molar-refractivity contribution in [1.82, 2.24) is 4.90 Å². The molecule has 20 heavy (non-hydrogen) atoms. The fourth-order valence-electron chi connectivity index (χ4n) is 4.53. The monoisotopic (exact) mass is 271 g/mol. The first-order valence-electron chi connectivity index (χ1n) is 8.28. The molecule has 108 valence electrons. The molecule has 3 unspecified atom stereocenters. The van der Waals surface area contributed by atoms with E-state index >= 15 is 0 Å². The molecule has 2 aliphatic carbocycles. The van der Waals surface area contributed by atoms with Crippen LogP contribution in [0.4, 0.5) is 0 Å². The molecule has 1 N–H and O–H groups in total. The predicted molar refractivity (Wildman–Crippen MR) is 81.0 cm³/mol. The zero-order valence-electron chi connectivity index (χ0n) is 12.4. The van der Waals surface area contributed by atoms with E-state index in [1.165, 1.54) is 56.3 Å².